The molecule has 2 aliphatic heterocycles. The molecular weight excluding hydrogens is 506 g/mol. The Morgan fingerprint density at radius 1 is 1.16 bits per heavy atom. The molecule has 8 nitrogen and oxygen atoms in total. The summed E-state index contributed by atoms with van der Waals surface area (Å²) in [6, 6.07) is 13.6. The number of piperidine rings is 1. The van der Waals surface area contributed by atoms with Gasteiger partial charge in [0.1, 0.15) is 15.8 Å². The van der Waals surface area contributed by atoms with Gasteiger partial charge in [-0.2, -0.15) is 0 Å². The Bertz CT molecular complexity index is 1480. The largest absolute Gasteiger partial charge is 0.369 e. The second kappa shape index (κ2) is 10.5. The number of hydrogen-bond acceptors (Lipinski definition) is 7. The summed E-state index contributed by atoms with van der Waals surface area (Å²) in [5, 5.41) is 0. The van der Waals surface area contributed by atoms with E-state index in [1.807, 2.05) is 54.3 Å². The third kappa shape index (κ3) is 5.17. The van der Waals surface area contributed by atoms with Gasteiger partial charge in [-0.1, -0.05) is 60.4 Å². The van der Waals surface area contributed by atoms with Gasteiger partial charge in [-0.05, 0) is 49.5 Å². The number of nitrogens with zero attached hydrogens (tertiary/aromatic N) is 4. The van der Waals surface area contributed by atoms with Crippen molar-refractivity contribution < 1.29 is 9.59 Å². The number of amides is 2. The minimum Gasteiger partial charge on any atom is -0.369 e. The molecule has 2 saturated heterocycles. The SMILES string of the molecule is Cc1ccc2nc(N3CCC(C(N)=O)CC3)c(C=C3SC(=S)N(CCc4ccccc4)C3=O)c(=O)n2c1. The summed E-state index contributed by atoms with van der Waals surface area (Å²) in [6.45, 7) is 3.46. The highest BCUT2D eigenvalue weighted by molar-refractivity contribution is 8.26. The molecule has 0 saturated carbocycles. The lowest BCUT2D eigenvalue weighted by molar-refractivity contribution is -0.123. The van der Waals surface area contributed by atoms with Gasteiger partial charge in [0.2, 0.25) is 5.91 Å². The zero-order chi connectivity index (χ0) is 26.1. The highest BCUT2D eigenvalue weighted by Crippen LogP contribution is 2.34. The summed E-state index contributed by atoms with van der Waals surface area (Å²) >= 11 is 6.72. The number of carbonyl (C=O) groups excluding carboxylic acids is 2. The van der Waals surface area contributed by atoms with Gasteiger partial charge in [-0.3, -0.25) is 23.7 Å². The predicted octanol–water partition coefficient (Wildman–Crippen LogP) is 3.15. The molecule has 190 valence electrons. The van der Waals surface area contributed by atoms with Gasteiger partial charge in [-0.15, -0.1) is 0 Å². The van der Waals surface area contributed by atoms with Crippen LogP contribution in [0.15, 0.2) is 58.4 Å². The summed E-state index contributed by atoms with van der Waals surface area (Å²) < 4.78 is 1.98. The molecule has 0 bridgehead atoms. The molecule has 2 aliphatic rings. The van der Waals surface area contributed by atoms with Gasteiger partial charge in [0.05, 0.1) is 10.5 Å². The van der Waals surface area contributed by atoms with Gasteiger partial charge < -0.3 is 10.6 Å². The van der Waals surface area contributed by atoms with Crippen LogP contribution in [0.1, 0.15) is 29.5 Å². The summed E-state index contributed by atoms with van der Waals surface area (Å²) in [5.41, 5.74) is 8.16. The molecule has 0 aliphatic carbocycles. The number of aryl methyl sites for hydroxylation is 1. The van der Waals surface area contributed by atoms with Crippen LogP contribution in [0.25, 0.3) is 11.7 Å². The van der Waals surface area contributed by atoms with Crippen LogP contribution in [0.2, 0.25) is 0 Å². The van der Waals surface area contributed by atoms with E-state index in [0.29, 0.717) is 65.2 Å². The number of rotatable bonds is 6. The van der Waals surface area contributed by atoms with Crippen molar-refractivity contribution in [2.45, 2.75) is 26.2 Å². The van der Waals surface area contributed by atoms with Crippen molar-refractivity contribution in [2.75, 3.05) is 24.5 Å². The Labute approximate surface area is 224 Å². The van der Waals surface area contributed by atoms with Crippen molar-refractivity contribution in [1.29, 1.82) is 0 Å². The van der Waals surface area contributed by atoms with Crippen LogP contribution >= 0.6 is 24.0 Å². The second-order valence-electron chi connectivity index (χ2n) is 9.32. The van der Waals surface area contributed by atoms with E-state index in [0.717, 1.165) is 11.1 Å². The number of benzene rings is 1. The van der Waals surface area contributed by atoms with Crippen LogP contribution in [0, 0.1) is 12.8 Å². The zero-order valence-electron chi connectivity index (χ0n) is 20.4. The molecule has 5 rings (SSSR count). The number of fused-ring (bicyclic) bond motifs is 1. The smallest absolute Gasteiger partial charge is 0.267 e. The van der Waals surface area contributed by atoms with E-state index in [4.69, 9.17) is 22.9 Å². The van der Waals surface area contributed by atoms with E-state index < -0.39 is 0 Å². The fourth-order valence-corrected chi connectivity index (χ4v) is 5.99. The van der Waals surface area contributed by atoms with Crippen molar-refractivity contribution >= 4 is 57.7 Å². The molecule has 37 heavy (non-hydrogen) atoms. The van der Waals surface area contributed by atoms with E-state index in [1.165, 1.54) is 16.2 Å². The van der Waals surface area contributed by atoms with Crippen LogP contribution in [-0.2, 0) is 16.0 Å². The maximum atomic E-state index is 13.7. The van der Waals surface area contributed by atoms with Crippen molar-refractivity contribution in [3.05, 3.63) is 80.6 Å². The third-order valence-corrected chi connectivity index (χ3v) is 8.18. The molecule has 1 aromatic carbocycles. The number of anilines is 1. The van der Waals surface area contributed by atoms with Crippen LogP contribution in [0.5, 0.6) is 0 Å². The maximum absolute atomic E-state index is 13.7. The minimum absolute atomic E-state index is 0.190. The standard InChI is InChI=1S/C27H27N5O3S2/c1-17-7-8-22-29-24(30-12-10-19(11-13-30)23(28)33)20(25(34)32(22)16-17)15-21-26(35)31(27(36)37-21)14-9-18-5-3-2-4-6-18/h2-8,15-16,19H,9-14H2,1H3,(H2,28,33). The van der Waals surface area contributed by atoms with Crippen molar-refractivity contribution in [1.82, 2.24) is 14.3 Å². The molecule has 0 spiro atoms. The van der Waals surface area contributed by atoms with Crippen molar-refractivity contribution in [3.63, 3.8) is 0 Å². The second-order valence-corrected chi connectivity index (χ2v) is 11.0. The Morgan fingerprint density at radius 2 is 1.89 bits per heavy atom. The van der Waals surface area contributed by atoms with Gasteiger partial charge in [0.15, 0.2) is 0 Å². The van der Waals surface area contributed by atoms with Gasteiger partial charge in [0, 0.05) is 31.7 Å². The van der Waals surface area contributed by atoms with Gasteiger partial charge >= 0.3 is 0 Å². The van der Waals surface area contributed by atoms with Gasteiger partial charge in [0.25, 0.3) is 11.5 Å². The molecule has 2 amide bonds. The molecule has 3 aromatic rings. The van der Waals surface area contributed by atoms with E-state index in [2.05, 4.69) is 0 Å². The quantitative estimate of drug-likeness (QED) is 0.384. The number of primary amides is 1. The van der Waals surface area contributed by atoms with E-state index in [-0.39, 0.29) is 23.3 Å². The first-order valence-corrected chi connectivity index (χ1v) is 13.4. The molecule has 0 unspecified atom stereocenters. The summed E-state index contributed by atoms with van der Waals surface area (Å²) in [5.74, 6) is -0.199. The Hall–Kier alpha value is -3.50. The number of carbonyl (C=O) groups is 2. The fourth-order valence-electron chi connectivity index (χ4n) is 4.70. The van der Waals surface area contributed by atoms with Gasteiger partial charge in [-0.25, -0.2) is 4.98 Å². The lowest BCUT2D eigenvalue weighted by Crippen LogP contribution is -2.40. The summed E-state index contributed by atoms with van der Waals surface area (Å²) in [7, 11) is 0. The topological polar surface area (TPSA) is 101 Å². The highest BCUT2D eigenvalue weighted by Gasteiger charge is 2.33. The fraction of sp³-hybridized carbons (Fsp3) is 0.296. The lowest BCUT2D eigenvalue weighted by Gasteiger charge is -2.32. The number of hydrogen-bond donors (Lipinski definition) is 1. The summed E-state index contributed by atoms with van der Waals surface area (Å²) in [4.78, 5) is 47.5. The molecule has 2 fully saturated rings. The first-order valence-electron chi connectivity index (χ1n) is 12.2. The van der Waals surface area contributed by atoms with Crippen LogP contribution in [0.4, 0.5) is 5.82 Å². The van der Waals surface area contributed by atoms with Crippen LogP contribution < -0.4 is 16.2 Å². The summed E-state index contributed by atoms with van der Waals surface area (Å²) in [6.07, 6.45) is 5.23. The van der Waals surface area contributed by atoms with Crippen LogP contribution in [-0.4, -0.2) is 50.1 Å². The molecule has 10 heteroatoms. The zero-order valence-corrected chi connectivity index (χ0v) is 22.1. The number of thioether (sulfide) groups is 1. The molecular formula is C27H27N5O3S2. The van der Waals surface area contributed by atoms with Crippen molar-refractivity contribution in [3.8, 4) is 0 Å². The molecule has 2 N–H and O–H groups in total. The van der Waals surface area contributed by atoms with E-state index in [9.17, 15) is 14.4 Å². The maximum Gasteiger partial charge on any atom is 0.267 e. The number of pyridine rings is 1. The van der Waals surface area contributed by atoms with Crippen molar-refractivity contribution in [2.24, 2.45) is 11.7 Å². The minimum atomic E-state index is -0.305. The first-order chi connectivity index (χ1) is 17.8. The highest BCUT2D eigenvalue weighted by atomic mass is 32.2. The average molecular weight is 534 g/mol. The first kappa shape index (κ1) is 25.2. The van der Waals surface area contributed by atoms with Crippen LogP contribution in [0.3, 0.4) is 0 Å². The molecule has 0 radical (unpaired) electrons. The molecule has 2 aromatic heterocycles. The van der Waals surface area contributed by atoms with E-state index >= 15 is 0 Å². The monoisotopic (exact) mass is 533 g/mol. The number of thiocarbonyl (C=S) groups is 1. The van der Waals surface area contributed by atoms with E-state index in [1.54, 1.807) is 17.2 Å². The Morgan fingerprint density at radius 3 is 2.59 bits per heavy atom. The Balaban J connectivity index is 1.50. The Kier molecular flexibility index (Phi) is 7.12. The number of aromatic nitrogens is 2. The normalized spacial score (nSPS) is 17.8. The molecule has 4 heterocycles. The predicted molar refractivity (Wildman–Crippen MR) is 150 cm³/mol. The number of nitrogens with two attached hydrogens (primary N) is 1. The third-order valence-electron chi connectivity index (χ3n) is 6.80. The molecule has 0 atom stereocenters. The lowest BCUT2D eigenvalue weighted by atomic mass is 9.96. The average Bonchev–Trinajstić information content (AvgIpc) is 3.17.